The maximum atomic E-state index is 12.4. The minimum absolute atomic E-state index is 0.0986. The molecule has 0 saturated heterocycles. The fourth-order valence-corrected chi connectivity index (χ4v) is 2.34. The molecular formula is C13H14N4O3. The quantitative estimate of drug-likeness (QED) is 0.837. The van der Waals surface area contributed by atoms with E-state index in [4.69, 9.17) is 5.26 Å². The monoisotopic (exact) mass is 274 g/mol. The van der Waals surface area contributed by atoms with Crippen LogP contribution in [0.15, 0.2) is 14.4 Å². The molecule has 0 radical (unpaired) electrons. The molecule has 0 spiro atoms. The Labute approximate surface area is 113 Å². The van der Waals surface area contributed by atoms with Crippen LogP contribution in [0.2, 0.25) is 0 Å². The number of rotatable bonds is 2. The zero-order valence-electron chi connectivity index (χ0n) is 11.5. The lowest BCUT2D eigenvalue weighted by molar-refractivity contribution is 0.604. The summed E-state index contributed by atoms with van der Waals surface area (Å²) in [5.74, 6) is 0. The standard InChI is InChI=1S/C13H14N4O3/c1-4-16-10-9(12(19)17(5-2)13(16)20)7(3)8(6-14)11(18)15-10/h4-5H2,1-3H3,(H,15,18). The van der Waals surface area contributed by atoms with E-state index < -0.39 is 16.8 Å². The molecule has 0 aliphatic rings. The molecule has 20 heavy (non-hydrogen) atoms. The third kappa shape index (κ3) is 1.69. The van der Waals surface area contributed by atoms with Crippen molar-refractivity contribution in [3.8, 4) is 6.07 Å². The van der Waals surface area contributed by atoms with Gasteiger partial charge in [-0.1, -0.05) is 0 Å². The molecule has 2 aromatic heterocycles. The summed E-state index contributed by atoms with van der Waals surface area (Å²) in [4.78, 5) is 38.9. The van der Waals surface area contributed by atoms with Crippen LogP contribution in [0.4, 0.5) is 0 Å². The summed E-state index contributed by atoms with van der Waals surface area (Å²) < 4.78 is 2.42. The number of aromatic nitrogens is 3. The number of pyridine rings is 1. The van der Waals surface area contributed by atoms with Gasteiger partial charge in [-0.3, -0.25) is 18.7 Å². The molecule has 0 aromatic carbocycles. The summed E-state index contributed by atoms with van der Waals surface area (Å²) in [6.45, 7) is 5.53. The average molecular weight is 274 g/mol. The van der Waals surface area contributed by atoms with Gasteiger partial charge in [-0.05, 0) is 26.3 Å². The third-order valence-electron chi connectivity index (χ3n) is 3.38. The Morgan fingerprint density at radius 3 is 2.25 bits per heavy atom. The Morgan fingerprint density at radius 2 is 1.75 bits per heavy atom. The van der Waals surface area contributed by atoms with E-state index in [0.717, 1.165) is 4.57 Å². The van der Waals surface area contributed by atoms with Crippen molar-refractivity contribution in [2.75, 3.05) is 0 Å². The van der Waals surface area contributed by atoms with Crippen molar-refractivity contribution in [2.45, 2.75) is 33.9 Å². The van der Waals surface area contributed by atoms with Crippen LogP contribution in [-0.4, -0.2) is 14.1 Å². The predicted octanol–water partition coefficient (Wildman–Crippen LogP) is 0.0714. The Morgan fingerprint density at radius 1 is 1.15 bits per heavy atom. The maximum absolute atomic E-state index is 12.4. The van der Waals surface area contributed by atoms with Gasteiger partial charge < -0.3 is 4.98 Å². The van der Waals surface area contributed by atoms with Crippen LogP contribution in [0.1, 0.15) is 25.0 Å². The van der Waals surface area contributed by atoms with Crippen molar-refractivity contribution >= 4 is 11.0 Å². The average Bonchev–Trinajstić information content (AvgIpc) is 2.39. The molecule has 0 saturated carbocycles. The van der Waals surface area contributed by atoms with E-state index in [0.29, 0.717) is 12.1 Å². The fraction of sp³-hybridized carbons (Fsp3) is 0.385. The number of aryl methyl sites for hydroxylation is 2. The van der Waals surface area contributed by atoms with Gasteiger partial charge in [0, 0.05) is 13.1 Å². The highest BCUT2D eigenvalue weighted by Gasteiger charge is 2.17. The second-order valence-electron chi connectivity index (χ2n) is 4.37. The lowest BCUT2D eigenvalue weighted by Gasteiger charge is -2.12. The number of hydrogen-bond acceptors (Lipinski definition) is 4. The molecule has 0 aliphatic heterocycles. The first-order chi connectivity index (χ1) is 9.47. The Balaban J connectivity index is 3.25. The van der Waals surface area contributed by atoms with Gasteiger partial charge in [-0.2, -0.15) is 5.26 Å². The first kappa shape index (κ1) is 13.8. The number of nitrogens with one attached hydrogen (secondary N) is 1. The topological polar surface area (TPSA) is 101 Å². The number of aromatic amines is 1. The van der Waals surface area contributed by atoms with Gasteiger partial charge >= 0.3 is 5.69 Å². The van der Waals surface area contributed by atoms with E-state index in [-0.39, 0.29) is 23.1 Å². The van der Waals surface area contributed by atoms with Crippen LogP contribution in [0.5, 0.6) is 0 Å². The molecule has 0 atom stereocenters. The Hall–Kier alpha value is -2.62. The molecule has 2 rings (SSSR count). The highest BCUT2D eigenvalue weighted by Crippen LogP contribution is 2.11. The van der Waals surface area contributed by atoms with Gasteiger partial charge in [0.1, 0.15) is 17.3 Å². The number of hydrogen-bond donors (Lipinski definition) is 1. The zero-order valence-corrected chi connectivity index (χ0v) is 11.5. The molecule has 7 heteroatoms. The van der Waals surface area contributed by atoms with Crippen molar-refractivity contribution in [3.63, 3.8) is 0 Å². The molecule has 7 nitrogen and oxygen atoms in total. The second kappa shape index (κ2) is 4.81. The summed E-state index contributed by atoms with van der Waals surface area (Å²) in [6.07, 6.45) is 0. The van der Waals surface area contributed by atoms with Crippen LogP contribution in [0.3, 0.4) is 0 Å². The highest BCUT2D eigenvalue weighted by molar-refractivity contribution is 5.79. The second-order valence-corrected chi connectivity index (χ2v) is 4.37. The van der Waals surface area contributed by atoms with Gasteiger partial charge in [-0.15, -0.1) is 0 Å². The molecular weight excluding hydrogens is 260 g/mol. The Bertz CT molecular complexity index is 909. The first-order valence-electron chi connectivity index (χ1n) is 6.28. The Kier molecular flexibility index (Phi) is 3.32. The van der Waals surface area contributed by atoms with Crippen LogP contribution in [-0.2, 0) is 13.1 Å². The van der Waals surface area contributed by atoms with Crippen molar-refractivity contribution in [2.24, 2.45) is 0 Å². The zero-order chi connectivity index (χ0) is 15.0. The molecule has 104 valence electrons. The van der Waals surface area contributed by atoms with Crippen LogP contribution in [0.25, 0.3) is 11.0 Å². The number of fused-ring (bicyclic) bond motifs is 1. The summed E-state index contributed by atoms with van der Waals surface area (Å²) in [5, 5.41) is 9.22. The smallest absolute Gasteiger partial charge is 0.307 e. The summed E-state index contributed by atoms with van der Waals surface area (Å²) in [6, 6.07) is 1.79. The van der Waals surface area contributed by atoms with Crippen molar-refractivity contribution in [3.05, 3.63) is 42.3 Å². The van der Waals surface area contributed by atoms with Crippen LogP contribution < -0.4 is 16.8 Å². The minimum Gasteiger partial charge on any atom is -0.307 e. The van der Waals surface area contributed by atoms with Gasteiger partial charge in [0.15, 0.2) is 0 Å². The molecule has 2 aromatic rings. The van der Waals surface area contributed by atoms with Gasteiger partial charge in [0.05, 0.1) is 5.39 Å². The number of nitriles is 1. The number of H-pyrrole nitrogens is 1. The molecule has 0 fully saturated rings. The molecule has 0 unspecified atom stereocenters. The van der Waals surface area contributed by atoms with E-state index in [1.165, 1.54) is 4.57 Å². The molecule has 1 N–H and O–H groups in total. The molecule has 0 bridgehead atoms. The lowest BCUT2D eigenvalue weighted by Crippen LogP contribution is -2.41. The summed E-state index contributed by atoms with van der Waals surface area (Å²) in [7, 11) is 0. The molecule has 0 amide bonds. The van der Waals surface area contributed by atoms with Crippen molar-refractivity contribution in [1.29, 1.82) is 5.26 Å². The predicted molar refractivity (Wildman–Crippen MR) is 73.9 cm³/mol. The lowest BCUT2D eigenvalue weighted by atomic mass is 10.1. The summed E-state index contributed by atoms with van der Waals surface area (Å²) >= 11 is 0. The van der Waals surface area contributed by atoms with Gasteiger partial charge in [0.25, 0.3) is 11.1 Å². The number of nitrogens with zero attached hydrogens (tertiary/aromatic N) is 3. The van der Waals surface area contributed by atoms with Crippen LogP contribution in [0, 0.1) is 18.3 Å². The first-order valence-corrected chi connectivity index (χ1v) is 6.28. The van der Waals surface area contributed by atoms with E-state index >= 15 is 0 Å². The van der Waals surface area contributed by atoms with Gasteiger partial charge in [-0.25, -0.2) is 4.79 Å². The van der Waals surface area contributed by atoms with E-state index in [9.17, 15) is 14.4 Å². The minimum atomic E-state index is -0.590. The fourth-order valence-electron chi connectivity index (χ4n) is 2.34. The summed E-state index contributed by atoms with van der Waals surface area (Å²) in [5.41, 5.74) is -1.16. The third-order valence-corrected chi connectivity index (χ3v) is 3.38. The van der Waals surface area contributed by atoms with Crippen LogP contribution >= 0.6 is 0 Å². The van der Waals surface area contributed by atoms with Gasteiger partial charge in [0.2, 0.25) is 0 Å². The maximum Gasteiger partial charge on any atom is 0.332 e. The SMILES string of the molecule is CCn1c(=O)c2c(C)c(C#N)c(=O)[nH]c2n(CC)c1=O. The normalized spacial score (nSPS) is 10.7. The molecule has 2 heterocycles. The van der Waals surface area contributed by atoms with E-state index in [1.807, 2.05) is 0 Å². The van der Waals surface area contributed by atoms with E-state index in [2.05, 4.69) is 4.98 Å². The highest BCUT2D eigenvalue weighted by atomic mass is 16.2. The van der Waals surface area contributed by atoms with Crippen molar-refractivity contribution < 1.29 is 0 Å². The van der Waals surface area contributed by atoms with Crippen molar-refractivity contribution in [1.82, 2.24) is 14.1 Å². The van der Waals surface area contributed by atoms with E-state index in [1.54, 1.807) is 26.8 Å². The molecule has 0 aliphatic carbocycles. The largest absolute Gasteiger partial charge is 0.332 e.